The van der Waals surface area contributed by atoms with Gasteiger partial charge in [0.25, 0.3) is 0 Å². The highest BCUT2D eigenvalue weighted by Gasteiger charge is 2.51. The Hall–Kier alpha value is -0.426. The zero-order chi connectivity index (χ0) is 33.5. The van der Waals surface area contributed by atoms with Gasteiger partial charge in [0.05, 0.1) is 12.2 Å². The largest absolute Gasteiger partial charge is 0.413 e. The maximum absolute atomic E-state index is 7.10. The molecule has 0 amide bonds. The van der Waals surface area contributed by atoms with E-state index in [2.05, 4.69) is 115 Å². The van der Waals surface area contributed by atoms with Crippen molar-refractivity contribution in [2.45, 2.75) is 182 Å². The molecule has 0 aliphatic heterocycles. The maximum atomic E-state index is 7.10. The van der Waals surface area contributed by atoms with Gasteiger partial charge in [0, 0.05) is 6.42 Å². The van der Waals surface area contributed by atoms with Gasteiger partial charge < -0.3 is 8.85 Å². The molecule has 0 N–H and O–H groups in total. The molecule has 0 aromatic carbocycles. The summed E-state index contributed by atoms with van der Waals surface area (Å²) in [6.07, 6.45) is 16.7. The first-order valence-corrected chi connectivity index (χ1v) is 24.3. The Balaban J connectivity index is 1.87. The number of fused-ring (bicyclic) bond motifs is 1. The standard InChI is InChI=1S/C40H74O2Si2/c1-28(2)29(3)19-20-30(4)35-23-24-36-32(18-17-25-40(35,36)12)21-22-33-26-34(41-43(13,14)38(6,7)8)27-37(31(33)5)42-44(15,16)39(9,10)11/h21-22,28-30,34-37H,5,17-20,23-27H2,1-4,6-16H3/b32-21?,33-22+/t29-,30+,34+,35+,36-,37-,40+/m0/s1. The van der Waals surface area contributed by atoms with Gasteiger partial charge in [-0.25, -0.2) is 0 Å². The van der Waals surface area contributed by atoms with Gasteiger partial charge in [-0.15, -0.1) is 0 Å². The van der Waals surface area contributed by atoms with E-state index in [0.717, 1.165) is 42.4 Å². The third-order valence-electron chi connectivity index (χ3n) is 13.7. The zero-order valence-electron chi connectivity index (χ0n) is 32.1. The van der Waals surface area contributed by atoms with Crippen molar-refractivity contribution in [2.24, 2.45) is 35.0 Å². The summed E-state index contributed by atoms with van der Waals surface area (Å²) in [6.45, 7) is 40.8. The lowest BCUT2D eigenvalue weighted by Gasteiger charge is -2.46. The fourth-order valence-electron chi connectivity index (χ4n) is 8.04. The molecule has 254 valence electrons. The van der Waals surface area contributed by atoms with E-state index in [-0.39, 0.29) is 22.3 Å². The van der Waals surface area contributed by atoms with E-state index in [1.54, 1.807) is 5.57 Å². The molecule has 0 radical (unpaired) electrons. The first-order chi connectivity index (χ1) is 20.0. The lowest BCUT2D eigenvalue weighted by Crippen LogP contribution is -2.49. The van der Waals surface area contributed by atoms with Gasteiger partial charge in [-0.2, -0.15) is 0 Å². The van der Waals surface area contributed by atoms with E-state index < -0.39 is 16.6 Å². The van der Waals surface area contributed by atoms with Gasteiger partial charge in [-0.1, -0.05) is 113 Å². The Bertz CT molecular complexity index is 1050. The van der Waals surface area contributed by atoms with Crippen molar-refractivity contribution >= 4 is 16.6 Å². The molecule has 3 aliphatic rings. The van der Waals surface area contributed by atoms with Gasteiger partial charge in [0.2, 0.25) is 0 Å². The van der Waals surface area contributed by atoms with Gasteiger partial charge in [0.15, 0.2) is 16.6 Å². The molecule has 0 unspecified atom stereocenters. The molecule has 2 nitrogen and oxygen atoms in total. The van der Waals surface area contributed by atoms with Crippen molar-refractivity contribution in [1.29, 1.82) is 0 Å². The van der Waals surface area contributed by atoms with Crippen LogP contribution in [0, 0.1) is 35.0 Å². The van der Waals surface area contributed by atoms with Crippen molar-refractivity contribution in [2.75, 3.05) is 0 Å². The molecule has 0 aromatic heterocycles. The number of hydrogen-bond acceptors (Lipinski definition) is 2. The summed E-state index contributed by atoms with van der Waals surface area (Å²) >= 11 is 0. The molecule has 3 rings (SSSR count). The summed E-state index contributed by atoms with van der Waals surface area (Å²) in [7, 11) is -3.87. The quantitative estimate of drug-likeness (QED) is 0.221. The predicted molar refractivity (Wildman–Crippen MR) is 199 cm³/mol. The molecule has 0 aromatic rings. The Morgan fingerprint density at radius 3 is 2.05 bits per heavy atom. The summed E-state index contributed by atoms with van der Waals surface area (Å²) in [5, 5.41) is 0.362. The first kappa shape index (κ1) is 38.0. The lowest BCUT2D eigenvalue weighted by molar-refractivity contribution is 0.0906. The van der Waals surface area contributed by atoms with E-state index >= 15 is 0 Å². The summed E-state index contributed by atoms with van der Waals surface area (Å²) in [6, 6.07) is 0. The van der Waals surface area contributed by atoms with E-state index in [1.807, 2.05) is 0 Å². The number of rotatable bonds is 10. The molecular weight excluding hydrogens is 569 g/mol. The molecule has 3 fully saturated rings. The van der Waals surface area contributed by atoms with Crippen LogP contribution in [0.15, 0.2) is 35.5 Å². The minimum atomic E-state index is -1.96. The van der Waals surface area contributed by atoms with Crippen LogP contribution in [-0.4, -0.2) is 28.8 Å². The summed E-state index contributed by atoms with van der Waals surface area (Å²) in [5.74, 6) is 4.03. The summed E-state index contributed by atoms with van der Waals surface area (Å²) in [5.41, 5.74) is 4.74. The van der Waals surface area contributed by atoms with E-state index in [4.69, 9.17) is 15.4 Å². The molecule has 4 heteroatoms. The molecule has 0 spiro atoms. The minimum absolute atomic E-state index is 0.0469. The second-order valence-corrected chi connectivity index (χ2v) is 28.6. The van der Waals surface area contributed by atoms with E-state index in [1.165, 1.54) is 56.1 Å². The van der Waals surface area contributed by atoms with Gasteiger partial charge in [-0.05, 0) is 121 Å². The highest BCUT2D eigenvalue weighted by atomic mass is 28.4. The molecular formula is C40H74O2Si2. The number of allylic oxidation sites excluding steroid dienone is 3. The van der Waals surface area contributed by atoms with E-state index in [9.17, 15) is 0 Å². The molecule has 0 bridgehead atoms. The second-order valence-electron chi connectivity index (χ2n) is 19.1. The van der Waals surface area contributed by atoms with Gasteiger partial charge in [0.1, 0.15) is 0 Å². The molecule has 44 heavy (non-hydrogen) atoms. The van der Waals surface area contributed by atoms with Crippen molar-refractivity contribution < 1.29 is 8.85 Å². The molecule has 0 heterocycles. The van der Waals surface area contributed by atoms with Crippen LogP contribution in [0.5, 0.6) is 0 Å². The van der Waals surface area contributed by atoms with Crippen LogP contribution in [0.25, 0.3) is 0 Å². The van der Waals surface area contributed by atoms with Gasteiger partial charge in [-0.3, -0.25) is 0 Å². The van der Waals surface area contributed by atoms with Crippen LogP contribution in [0.4, 0.5) is 0 Å². The summed E-state index contributed by atoms with van der Waals surface area (Å²) in [4.78, 5) is 0. The second kappa shape index (κ2) is 14.0. The van der Waals surface area contributed by atoms with E-state index in [0.29, 0.717) is 5.41 Å². The molecule has 3 saturated carbocycles. The minimum Gasteiger partial charge on any atom is -0.413 e. The Kier molecular flexibility index (Phi) is 12.1. The topological polar surface area (TPSA) is 18.5 Å². The molecule has 3 aliphatic carbocycles. The third kappa shape index (κ3) is 8.53. The SMILES string of the molecule is C=C1/C(=C/C=C2CCC[C@]3(C)[C@@H]([C@H](C)CC[C@H](C)C(C)C)CC[C@@H]23)C[C@@H](O[Si](C)(C)C(C)(C)C)C[C@@H]1O[Si](C)(C)C(C)(C)C. The average molecular weight is 643 g/mol. The normalized spacial score (nSPS) is 32.4. The predicted octanol–water partition coefficient (Wildman–Crippen LogP) is 12.9. The van der Waals surface area contributed by atoms with Crippen LogP contribution < -0.4 is 0 Å². The average Bonchev–Trinajstić information content (AvgIpc) is 3.23. The van der Waals surface area contributed by atoms with Crippen molar-refractivity contribution in [3.05, 3.63) is 35.5 Å². The Labute approximate surface area is 277 Å². The lowest BCUT2D eigenvalue weighted by atomic mass is 9.60. The zero-order valence-corrected chi connectivity index (χ0v) is 34.1. The van der Waals surface area contributed by atoms with Gasteiger partial charge >= 0.3 is 0 Å². The highest BCUT2D eigenvalue weighted by molar-refractivity contribution is 6.74. The monoisotopic (exact) mass is 643 g/mol. The maximum Gasteiger partial charge on any atom is 0.192 e. The summed E-state index contributed by atoms with van der Waals surface area (Å²) < 4.78 is 14.2. The fourth-order valence-corrected chi connectivity index (χ4v) is 10.7. The number of hydrogen-bond donors (Lipinski definition) is 0. The molecule has 0 saturated heterocycles. The smallest absolute Gasteiger partial charge is 0.192 e. The van der Waals surface area contributed by atoms with Crippen LogP contribution in [0.2, 0.25) is 36.3 Å². The fraction of sp³-hybridized carbons (Fsp3) is 0.850. The van der Waals surface area contributed by atoms with Crippen LogP contribution in [-0.2, 0) is 8.85 Å². The van der Waals surface area contributed by atoms with Crippen LogP contribution in [0.3, 0.4) is 0 Å². The van der Waals surface area contributed by atoms with Crippen LogP contribution >= 0.6 is 0 Å². The third-order valence-corrected chi connectivity index (χ3v) is 22.7. The van der Waals surface area contributed by atoms with Crippen LogP contribution in [0.1, 0.15) is 134 Å². The molecule has 7 atom stereocenters. The Morgan fingerprint density at radius 2 is 1.48 bits per heavy atom. The van der Waals surface area contributed by atoms with Crippen molar-refractivity contribution in [3.63, 3.8) is 0 Å². The van der Waals surface area contributed by atoms with Crippen molar-refractivity contribution in [3.8, 4) is 0 Å². The first-order valence-electron chi connectivity index (χ1n) is 18.4. The van der Waals surface area contributed by atoms with Crippen molar-refractivity contribution in [1.82, 2.24) is 0 Å². The highest BCUT2D eigenvalue weighted by Crippen LogP contribution is 2.60. The Morgan fingerprint density at radius 1 is 0.886 bits per heavy atom.